The molecule has 1 aromatic rings. The molecule has 1 unspecified atom stereocenters. The average Bonchev–Trinajstić information content (AvgIpc) is 2.49. The van der Waals surface area contributed by atoms with Crippen LogP contribution in [0.2, 0.25) is 0 Å². The molecule has 0 saturated heterocycles. The van der Waals surface area contributed by atoms with Gasteiger partial charge in [-0.05, 0) is 26.0 Å². The molecule has 0 aliphatic carbocycles. The molecule has 120 valence electrons. The Morgan fingerprint density at radius 3 is 2.27 bits per heavy atom. The summed E-state index contributed by atoms with van der Waals surface area (Å²) in [7, 11) is 0. The van der Waals surface area contributed by atoms with Crippen molar-refractivity contribution in [1.82, 2.24) is 4.90 Å². The number of hydrogen-bond donors (Lipinski definition) is 0. The quantitative estimate of drug-likeness (QED) is 0.736. The fourth-order valence-corrected chi connectivity index (χ4v) is 2.37. The molecule has 2 rings (SSSR count). The van der Waals surface area contributed by atoms with Crippen LogP contribution in [0, 0.1) is 0 Å². The molecule has 1 aliphatic rings. The fraction of sp³-hybridized carbons (Fsp3) is 0.529. The number of ketones is 2. The maximum absolute atomic E-state index is 11.2. The van der Waals surface area contributed by atoms with Crippen LogP contribution in [0.25, 0.3) is 0 Å². The van der Waals surface area contributed by atoms with E-state index >= 15 is 0 Å². The lowest BCUT2D eigenvalue weighted by Gasteiger charge is -2.31. The van der Waals surface area contributed by atoms with Gasteiger partial charge in [-0.2, -0.15) is 0 Å². The van der Waals surface area contributed by atoms with Crippen molar-refractivity contribution >= 4 is 11.6 Å². The normalized spacial score (nSPS) is 16.6. The summed E-state index contributed by atoms with van der Waals surface area (Å²) < 4.78 is 11.6. The highest BCUT2D eigenvalue weighted by atomic mass is 16.6. The van der Waals surface area contributed by atoms with Crippen molar-refractivity contribution in [3.05, 3.63) is 24.3 Å². The molecule has 0 amide bonds. The second-order valence-electron chi connectivity index (χ2n) is 5.70. The van der Waals surface area contributed by atoms with Gasteiger partial charge in [0, 0.05) is 32.5 Å². The standard InChI is InChI=1S/C17H23NO4/c1-13(19)7-9-18(10-8-14(2)20)11-15-12-21-16-5-3-4-6-17(16)22-15/h3-6,15H,7-12H2,1-2H3. The third-order valence-electron chi connectivity index (χ3n) is 3.59. The highest BCUT2D eigenvalue weighted by Gasteiger charge is 2.23. The first-order valence-electron chi connectivity index (χ1n) is 7.64. The molecule has 0 saturated carbocycles. The van der Waals surface area contributed by atoms with Crippen LogP contribution in [0.4, 0.5) is 0 Å². The van der Waals surface area contributed by atoms with E-state index in [2.05, 4.69) is 4.90 Å². The summed E-state index contributed by atoms with van der Waals surface area (Å²) in [6.07, 6.45) is 0.887. The van der Waals surface area contributed by atoms with Gasteiger partial charge in [-0.3, -0.25) is 14.5 Å². The van der Waals surface area contributed by atoms with Crippen molar-refractivity contribution in [3.8, 4) is 11.5 Å². The van der Waals surface area contributed by atoms with Gasteiger partial charge in [-0.25, -0.2) is 0 Å². The molecular formula is C17H23NO4. The van der Waals surface area contributed by atoms with E-state index in [1.165, 1.54) is 0 Å². The van der Waals surface area contributed by atoms with Crippen LogP contribution < -0.4 is 9.47 Å². The first-order chi connectivity index (χ1) is 10.5. The Hall–Kier alpha value is -1.88. The highest BCUT2D eigenvalue weighted by Crippen LogP contribution is 2.31. The maximum Gasteiger partial charge on any atom is 0.161 e. The second-order valence-corrected chi connectivity index (χ2v) is 5.70. The Bertz CT molecular complexity index is 511. The molecule has 0 bridgehead atoms. The van der Waals surface area contributed by atoms with Crippen LogP contribution in [-0.4, -0.2) is 48.8 Å². The number of rotatable bonds is 8. The van der Waals surface area contributed by atoms with E-state index in [1.807, 2.05) is 24.3 Å². The van der Waals surface area contributed by atoms with Crippen LogP contribution in [0.5, 0.6) is 11.5 Å². The Labute approximate surface area is 131 Å². The summed E-state index contributed by atoms with van der Waals surface area (Å²) in [4.78, 5) is 24.5. The number of hydrogen-bond acceptors (Lipinski definition) is 5. The van der Waals surface area contributed by atoms with Crippen molar-refractivity contribution in [2.45, 2.75) is 32.8 Å². The van der Waals surface area contributed by atoms with Gasteiger partial charge in [0.25, 0.3) is 0 Å². The van der Waals surface area contributed by atoms with Crippen LogP contribution in [0.1, 0.15) is 26.7 Å². The van der Waals surface area contributed by atoms with Crippen LogP contribution >= 0.6 is 0 Å². The number of nitrogens with zero attached hydrogens (tertiary/aromatic N) is 1. The molecule has 0 N–H and O–H groups in total. The van der Waals surface area contributed by atoms with E-state index in [-0.39, 0.29) is 17.7 Å². The van der Waals surface area contributed by atoms with Crippen molar-refractivity contribution < 1.29 is 19.1 Å². The molecule has 22 heavy (non-hydrogen) atoms. The average molecular weight is 305 g/mol. The first-order valence-corrected chi connectivity index (χ1v) is 7.64. The van der Waals surface area contributed by atoms with Gasteiger partial charge in [0.2, 0.25) is 0 Å². The molecule has 5 heteroatoms. The van der Waals surface area contributed by atoms with Gasteiger partial charge in [-0.1, -0.05) is 12.1 Å². The Balaban J connectivity index is 1.91. The summed E-state index contributed by atoms with van der Waals surface area (Å²) in [5, 5.41) is 0. The molecule has 0 radical (unpaired) electrons. The third-order valence-corrected chi connectivity index (χ3v) is 3.59. The fourth-order valence-electron chi connectivity index (χ4n) is 2.37. The minimum Gasteiger partial charge on any atom is -0.486 e. The lowest BCUT2D eigenvalue weighted by Crippen LogP contribution is -2.42. The first kappa shape index (κ1) is 16.5. The van der Waals surface area contributed by atoms with Crippen molar-refractivity contribution in [2.75, 3.05) is 26.2 Å². The Morgan fingerprint density at radius 2 is 1.68 bits per heavy atom. The van der Waals surface area contributed by atoms with E-state index in [0.717, 1.165) is 11.5 Å². The second kappa shape index (κ2) is 7.94. The molecule has 0 aromatic heterocycles. The number of carbonyl (C=O) groups excluding carboxylic acids is 2. The van der Waals surface area contributed by atoms with Crippen molar-refractivity contribution in [3.63, 3.8) is 0 Å². The Morgan fingerprint density at radius 1 is 1.09 bits per heavy atom. The van der Waals surface area contributed by atoms with E-state index < -0.39 is 0 Å². The monoisotopic (exact) mass is 305 g/mol. The summed E-state index contributed by atoms with van der Waals surface area (Å²) in [6.45, 7) is 5.58. The number of carbonyl (C=O) groups is 2. The molecule has 1 aliphatic heterocycles. The minimum absolute atomic E-state index is 0.0891. The largest absolute Gasteiger partial charge is 0.486 e. The van der Waals surface area contributed by atoms with Crippen molar-refractivity contribution in [2.24, 2.45) is 0 Å². The molecule has 0 fully saturated rings. The molecule has 1 heterocycles. The minimum atomic E-state index is -0.0891. The summed E-state index contributed by atoms with van der Waals surface area (Å²) >= 11 is 0. The predicted octanol–water partition coefficient (Wildman–Crippen LogP) is 2.09. The van der Waals surface area contributed by atoms with E-state index in [4.69, 9.17) is 9.47 Å². The van der Waals surface area contributed by atoms with Gasteiger partial charge in [0.1, 0.15) is 24.3 Å². The lowest BCUT2D eigenvalue weighted by atomic mass is 10.2. The summed E-state index contributed by atoms with van der Waals surface area (Å²) in [5.41, 5.74) is 0. The SMILES string of the molecule is CC(=O)CCN(CCC(C)=O)CC1COc2ccccc2O1. The maximum atomic E-state index is 11.2. The van der Waals surface area contributed by atoms with Gasteiger partial charge in [0.05, 0.1) is 0 Å². The van der Waals surface area contributed by atoms with Crippen LogP contribution in [0.15, 0.2) is 24.3 Å². The highest BCUT2D eigenvalue weighted by molar-refractivity contribution is 5.76. The van der Waals surface area contributed by atoms with Crippen LogP contribution in [-0.2, 0) is 9.59 Å². The van der Waals surface area contributed by atoms with Gasteiger partial charge in [0.15, 0.2) is 11.5 Å². The molecule has 1 atom stereocenters. The topological polar surface area (TPSA) is 55.8 Å². The van der Waals surface area contributed by atoms with E-state index in [1.54, 1.807) is 13.8 Å². The lowest BCUT2D eigenvalue weighted by molar-refractivity contribution is -0.117. The number of Topliss-reactive ketones (excluding diaryl/α,β-unsaturated/α-hetero) is 2. The van der Waals surface area contributed by atoms with Gasteiger partial charge < -0.3 is 9.47 Å². The summed E-state index contributed by atoms with van der Waals surface area (Å²) in [5.74, 6) is 1.81. The zero-order valence-corrected chi connectivity index (χ0v) is 13.2. The number of ether oxygens (including phenoxy) is 2. The molecular weight excluding hydrogens is 282 g/mol. The predicted molar refractivity (Wildman–Crippen MR) is 83.4 cm³/mol. The van der Waals surface area contributed by atoms with Crippen LogP contribution in [0.3, 0.4) is 0 Å². The number of benzene rings is 1. The molecule has 0 spiro atoms. The Kier molecular flexibility index (Phi) is 5.95. The molecule has 1 aromatic carbocycles. The smallest absolute Gasteiger partial charge is 0.161 e. The number of para-hydroxylation sites is 2. The van der Waals surface area contributed by atoms with Gasteiger partial charge in [-0.15, -0.1) is 0 Å². The zero-order valence-electron chi connectivity index (χ0n) is 13.2. The number of fused-ring (bicyclic) bond motifs is 1. The van der Waals surface area contributed by atoms with E-state index in [0.29, 0.717) is 39.1 Å². The third kappa shape index (κ3) is 5.15. The van der Waals surface area contributed by atoms with E-state index in [9.17, 15) is 9.59 Å². The zero-order chi connectivity index (χ0) is 15.9. The van der Waals surface area contributed by atoms with Crippen molar-refractivity contribution in [1.29, 1.82) is 0 Å². The summed E-state index contributed by atoms with van der Waals surface area (Å²) in [6, 6.07) is 7.59. The molecule has 5 nitrogen and oxygen atoms in total. The van der Waals surface area contributed by atoms with Gasteiger partial charge >= 0.3 is 0 Å².